The van der Waals surface area contributed by atoms with E-state index in [2.05, 4.69) is 17.3 Å². The Morgan fingerprint density at radius 1 is 1.12 bits per heavy atom. The van der Waals surface area contributed by atoms with Crippen molar-refractivity contribution in [3.8, 4) is 11.5 Å². The van der Waals surface area contributed by atoms with Gasteiger partial charge in [0.2, 0.25) is 5.91 Å². The number of carbonyl (C=O) groups is 1. The van der Waals surface area contributed by atoms with Gasteiger partial charge in [0.25, 0.3) is 0 Å². The molecule has 2 aromatic carbocycles. The minimum atomic E-state index is -0.0230. The molecule has 6 nitrogen and oxygen atoms in total. The Morgan fingerprint density at radius 2 is 1.94 bits per heavy atom. The summed E-state index contributed by atoms with van der Waals surface area (Å²) in [6.45, 7) is 4.04. The van der Waals surface area contributed by atoms with Gasteiger partial charge in [0, 0.05) is 43.8 Å². The zero-order chi connectivity index (χ0) is 23.5. The molecular weight excluding hydrogens is 463 g/mol. The van der Waals surface area contributed by atoms with Gasteiger partial charge in [0.05, 0.1) is 11.6 Å². The average Bonchev–Trinajstić information content (AvgIpc) is 2.82. The van der Waals surface area contributed by atoms with Crippen molar-refractivity contribution >= 4 is 29.1 Å². The molecular formula is C25H32Cl2N2O4. The van der Waals surface area contributed by atoms with Crippen LogP contribution in [0.15, 0.2) is 42.5 Å². The molecule has 0 atom stereocenters. The van der Waals surface area contributed by atoms with Gasteiger partial charge >= 0.3 is 0 Å². The highest BCUT2D eigenvalue weighted by atomic mass is 35.5. The summed E-state index contributed by atoms with van der Waals surface area (Å²) in [4.78, 5) is 14.5. The first-order chi connectivity index (χ1) is 16.0. The third-order valence-electron chi connectivity index (χ3n) is 5.61. The van der Waals surface area contributed by atoms with Gasteiger partial charge in [-0.3, -0.25) is 9.69 Å². The van der Waals surface area contributed by atoms with Crippen molar-refractivity contribution in [2.45, 2.75) is 38.3 Å². The van der Waals surface area contributed by atoms with Gasteiger partial charge in [-0.1, -0.05) is 35.3 Å². The highest BCUT2D eigenvalue weighted by Crippen LogP contribution is 2.27. The van der Waals surface area contributed by atoms with E-state index in [0.717, 1.165) is 43.9 Å². The van der Waals surface area contributed by atoms with Gasteiger partial charge < -0.3 is 19.5 Å². The number of likely N-dealkylation sites (N-methyl/N-ethyl adjacent to an activating group) is 1. The van der Waals surface area contributed by atoms with Crippen LogP contribution in [-0.4, -0.2) is 56.9 Å². The van der Waals surface area contributed by atoms with Crippen LogP contribution in [0.25, 0.3) is 0 Å². The molecule has 1 fully saturated rings. The van der Waals surface area contributed by atoms with Crippen LogP contribution in [0, 0.1) is 0 Å². The summed E-state index contributed by atoms with van der Waals surface area (Å²) < 4.78 is 17.0. The van der Waals surface area contributed by atoms with Crippen molar-refractivity contribution in [1.29, 1.82) is 0 Å². The first-order valence-corrected chi connectivity index (χ1v) is 12.1. The number of benzene rings is 2. The number of halogens is 2. The molecule has 8 heteroatoms. The molecule has 0 aliphatic carbocycles. The second-order valence-electron chi connectivity index (χ2n) is 8.12. The number of nitrogens with zero attached hydrogens (tertiary/aromatic N) is 1. The number of hydrogen-bond acceptors (Lipinski definition) is 5. The SMILES string of the molecule is CN(CCOc1cccc(CNC(=O)CCCOc2ccc(Cl)cc2Cl)c1)C1CCOCC1. The van der Waals surface area contributed by atoms with E-state index < -0.39 is 0 Å². The molecule has 1 saturated heterocycles. The van der Waals surface area contributed by atoms with E-state index >= 15 is 0 Å². The standard InChI is InChI=1S/C25H32Cl2N2O4/c1-29(21-9-13-31-14-10-21)11-15-32-22-5-2-4-19(16-22)18-28-25(30)6-3-12-33-24-8-7-20(26)17-23(24)27/h2,4-5,7-8,16-17,21H,3,6,9-15,18H2,1H3,(H,28,30). The Balaban J connectivity index is 1.31. The molecule has 2 aromatic rings. The van der Waals surface area contributed by atoms with Gasteiger partial charge in [-0.2, -0.15) is 0 Å². The van der Waals surface area contributed by atoms with E-state index in [0.29, 0.717) is 54.4 Å². The molecule has 3 rings (SSSR count). The quantitative estimate of drug-likeness (QED) is 0.422. The van der Waals surface area contributed by atoms with Gasteiger partial charge in [-0.05, 0) is 62.2 Å². The van der Waals surface area contributed by atoms with E-state index in [4.69, 9.17) is 37.4 Å². The van der Waals surface area contributed by atoms with E-state index in [9.17, 15) is 4.79 Å². The number of hydrogen-bond donors (Lipinski definition) is 1. The molecule has 1 aliphatic rings. The molecule has 1 amide bonds. The molecule has 0 bridgehead atoms. The zero-order valence-electron chi connectivity index (χ0n) is 19.0. The maximum atomic E-state index is 12.2. The fraction of sp³-hybridized carbons (Fsp3) is 0.480. The minimum absolute atomic E-state index is 0.0230. The van der Waals surface area contributed by atoms with Crippen LogP contribution < -0.4 is 14.8 Å². The molecule has 180 valence electrons. The lowest BCUT2D eigenvalue weighted by molar-refractivity contribution is -0.121. The van der Waals surface area contributed by atoms with E-state index in [1.54, 1.807) is 18.2 Å². The maximum Gasteiger partial charge on any atom is 0.220 e. The van der Waals surface area contributed by atoms with Gasteiger partial charge in [0.1, 0.15) is 18.1 Å². The van der Waals surface area contributed by atoms with E-state index in [-0.39, 0.29) is 5.91 Å². The van der Waals surface area contributed by atoms with Crippen LogP contribution in [0.2, 0.25) is 10.0 Å². The summed E-state index contributed by atoms with van der Waals surface area (Å²) >= 11 is 12.0. The molecule has 1 aliphatic heterocycles. The molecule has 1 heterocycles. The average molecular weight is 495 g/mol. The number of carbonyl (C=O) groups excluding carboxylic acids is 1. The van der Waals surface area contributed by atoms with Gasteiger partial charge in [0.15, 0.2) is 0 Å². The number of rotatable bonds is 12. The summed E-state index contributed by atoms with van der Waals surface area (Å²) in [5.74, 6) is 1.36. The third-order valence-corrected chi connectivity index (χ3v) is 6.15. The lowest BCUT2D eigenvalue weighted by Gasteiger charge is -2.31. The Kier molecular flexibility index (Phi) is 10.6. The summed E-state index contributed by atoms with van der Waals surface area (Å²) in [6, 6.07) is 13.5. The lowest BCUT2D eigenvalue weighted by Crippen LogP contribution is -2.38. The van der Waals surface area contributed by atoms with Crippen molar-refractivity contribution in [1.82, 2.24) is 10.2 Å². The maximum absolute atomic E-state index is 12.2. The smallest absolute Gasteiger partial charge is 0.220 e. The number of nitrogens with one attached hydrogen (secondary N) is 1. The fourth-order valence-electron chi connectivity index (χ4n) is 3.66. The molecule has 33 heavy (non-hydrogen) atoms. The van der Waals surface area contributed by atoms with Crippen molar-refractivity contribution < 1.29 is 19.0 Å². The Hall–Kier alpha value is -1.99. The normalized spacial score (nSPS) is 14.3. The van der Waals surface area contributed by atoms with Crippen LogP contribution in [0.5, 0.6) is 11.5 Å². The van der Waals surface area contributed by atoms with Crippen molar-refractivity contribution in [3.63, 3.8) is 0 Å². The monoisotopic (exact) mass is 494 g/mol. The van der Waals surface area contributed by atoms with E-state index in [1.807, 2.05) is 24.3 Å². The van der Waals surface area contributed by atoms with Gasteiger partial charge in [-0.15, -0.1) is 0 Å². The topological polar surface area (TPSA) is 60.0 Å². The first-order valence-electron chi connectivity index (χ1n) is 11.4. The number of amides is 1. The van der Waals surface area contributed by atoms with Crippen molar-refractivity contribution in [2.75, 3.05) is 40.0 Å². The van der Waals surface area contributed by atoms with Crippen LogP contribution in [0.1, 0.15) is 31.2 Å². The fourth-order valence-corrected chi connectivity index (χ4v) is 4.12. The molecule has 0 spiro atoms. The predicted octanol–water partition coefficient (Wildman–Crippen LogP) is 4.96. The molecule has 0 saturated carbocycles. The first kappa shape index (κ1) is 25.6. The molecule has 1 N–H and O–H groups in total. The Labute approximate surface area is 206 Å². The lowest BCUT2D eigenvalue weighted by atomic mass is 10.1. The highest BCUT2D eigenvalue weighted by molar-refractivity contribution is 6.35. The van der Waals surface area contributed by atoms with Crippen molar-refractivity contribution in [2.24, 2.45) is 0 Å². The van der Waals surface area contributed by atoms with Crippen LogP contribution >= 0.6 is 23.2 Å². The largest absolute Gasteiger partial charge is 0.492 e. The Bertz CT molecular complexity index is 890. The third kappa shape index (κ3) is 9.05. The predicted molar refractivity (Wildman–Crippen MR) is 131 cm³/mol. The van der Waals surface area contributed by atoms with Crippen LogP contribution in [0.3, 0.4) is 0 Å². The van der Waals surface area contributed by atoms with Gasteiger partial charge in [-0.25, -0.2) is 0 Å². The molecule has 0 unspecified atom stereocenters. The van der Waals surface area contributed by atoms with E-state index in [1.165, 1.54) is 0 Å². The highest BCUT2D eigenvalue weighted by Gasteiger charge is 2.18. The minimum Gasteiger partial charge on any atom is -0.492 e. The summed E-state index contributed by atoms with van der Waals surface area (Å²) in [7, 11) is 2.14. The summed E-state index contributed by atoms with van der Waals surface area (Å²) in [5.41, 5.74) is 1.00. The molecule has 0 radical (unpaired) electrons. The molecule has 0 aromatic heterocycles. The Morgan fingerprint density at radius 3 is 2.73 bits per heavy atom. The van der Waals surface area contributed by atoms with Crippen LogP contribution in [-0.2, 0) is 16.1 Å². The summed E-state index contributed by atoms with van der Waals surface area (Å²) in [5, 5.41) is 3.97. The summed E-state index contributed by atoms with van der Waals surface area (Å²) in [6.07, 6.45) is 3.12. The zero-order valence-corrected chi connectivity index (χ0v) is 20.5. The second kappa shape index (κ2) is 13.7. The second-order valence-corrected chi connectivity index (χ2v) is 8.97. The number of ether oxygens (including phenoxy) is 3. The van der Waals surface area contributed by atoms with Crippen molar-refractivity contribution in [3.05, 3.63) is 58.1 Å². The van der Waals surface area contributed by atoms with Crippen LogP contribution in [0.4, 0.5) is 0 Å².